The van der Waals surface area contributed by atoms with Gasteiger partial charge >= 0.3 is 0 Å². The van der Waals surface area contributed by atoms with Crippen LogP contribution < -0.4 is 11.1 Å². The number of nitrogens with zero attached hydrogens (tertiary/aromatic N) is 1. The van der Waals surface area contributed by atoms with Gasteiger partial charge in [-0.3, -0.25) is 9.59 Å². The van der Waals surface area contributed by atoms with E-state index in [0.717, 1.165) is 0 Å². The monoisotopic (exact) mass is 369 g/mol. The first-order valence-corrected chi connectivity index (χ1v) is 8.66. The first-order chi connectivity index (χ1) is 12.5. The highest BCUT2D eigenvalue weighted by atomic mass is 32.1. The average Bonchev–Trinajstić information content (AvgIpc) is 3.02. The molecule has 26 heavy (non-hydrogen) atoms. The highest BCUT2D eigenvalue weighted by Gasteiger charge is 2.23. The molecular weight excluding hydrogens is 353 g/mol. The van der Waals surface area contributed by atoms with E-state index in [2.05, 4.69) is 10.3 Å². The van der Waals surface area contributed by atoms with Crippen molar-refractivity contribution in [3.8, 4) is 10.6 Å². The van der Waals surface area contributed by atoms with E-state index in [1.165, 1.54) is 23.5 Å². The highest BCUT2D eigenvalue weighted by Crippen LogP contribution is 2.28. The molecule has 0 bridgehead atoms. The van der Waals surface area contributed by atoms with Gasteiger partial charge in [-0.25, -0.2) is 9.37 Å². The number of halogens is 1. The van der Waals surface area contributed by atoms with Crippen LogP contribution in [-0.4, -0.2) is 16.8 Å². The smallest absolute Gasteiger partial charge is 0.264 e. The number of carbonyl (C=O) groups is 2. The predicted molar refractivity (Wildman–Crippen MR) is 98.1 cm³/mol. The number of aromatic nitrogens is 1. The minimum absolute atomic E-state index is 0.341. The van der Waals surface area contributed by atoms with Gasteiger partial charge in [0.1, 0.15) is 21.7 Å². The van der Waals surface area contributed by atoms with Gasteiger partial charge in [0.25, 0.3) is 5.91 Å². The van der Waals surface area contributed by atoms with Crippen LogP contribution in [0.4, 0.5) is 4.39 Å². The predicted octanol–water partition coefficient (Wildman–Crippen LogP) is 3.21. The van der Waals surface area contributed by atoms with Crippen LogP contribution in [0.15, 0.2) is 54.6 Å². The molecule has 0 aliphatic carbocycles. The number of nitrogens with two attached hydrogens (primary N) is 1. The molecule has 0 fully saturated rings. The minimum atomic E-state index is -0.931. The number of benzene rings is 2. The molecule has 0 radical (unpaired) electrons. The fraction of sp³-hybridized carbons (Fsp3) is 0.105. The molecule has 2 amide bonds. The number of hydrogen-bond acceptors (Lipinski definition) is 4. The Balaban J connectivity index is 1.85. The SMILES string of the molecule is Cc1nc(-c2ccc(F)cc2)sc1C(=O)NC(C(N)=O)c1ccccc1. The second kappa shape index (κ2) is 7.45. The number of thiazole rings is 1. The van der Waals surface area contributed by atoms with Gasteiger partial charge in [0.15, 0.2) is 0 Å². The molecule has 1 unspecified atom stereocenters. The Hall–Kier alpha value is -3.06. The highest BCUT2D eigenvalue weighted by molar-refractivity contribution is 7.17. The van der Waals surface area contributed by atoms with E-state index >= 15 is 0 Å². The van der Waals surface area contributed by atoms with Crippen LogP contribution in [0.1, 0.15) is 27.0 Å². The van der Waals surface area contributed by atoms with Gasteiger partial charge in [0.2, 0.25) is 5.91 Å². The molecular formula is C19H16FN3O2S. The van der Waals surface area contributed by atoms with E-state index in [1.807, 2.05) is 6.07 Å². The third-order valence-corrected chi connectivity index (χ3v) is 4.99. The fourth-order valence-electron chi connectivity index (χ4n) is 2.48. The third-order valence-electron chi connectivity index (χ3n) is 3.79. The largest absolute Gasteiger partial charge is 0.368 e. The summed E-state index contributed by atoms with van der Waals surface area (Å²) in [6.45, 7) is 1.71. The molecule has 5 nitrogen and oxygen atoms in total. The molecule has 3 N–H and O–H groups in total. The van der Waals surface area contributed by atoms with Crippen LogP contribution in [0, 0.1) is 12.7 Å². The maximum absolute atomic E-state index is 13.1. The minimum Gasteiger partial charge on any atom is -0.368 e. The Kier molecular flexibility index (Phi) is 5.09. The number of primary amides is 1. The standard InChI is InChI=1S/C19H16FN3O2S/c1-11-16(26-19(22-11)13-7-9-14(20)10-8-13)18(25)23-15(17(21)24)12-5-3-2-4-6-12/h2-10,15H,1H3,(H2,21,24)(H,23,25). The molecule has 3 aromatic rings. The number of hydrogen-bond donors (Lipinski definition) is 2. The van der Waals surface area contributed by atoms with E-state index in [1.54, 1.807) is 43.3 Å². The molecule has 0 spiro atoms. The van der Waals surface area contributed by atoms with Gasteiger partial charge in [-0.2, -0.15) is 0 Å². The van der Waals surface area contributed by atoms with Crippen molar-refractivity contribution in [3.05, 3.63) is 76.5 Å². The molecule has 1 aromatic heterocycles. The molecule has 7 heteroatoms. The van der Waals surface area contributed by atoms with Gasteiger partial charge < -0.3 is 11.1 Å². The Labute approximate surface area is 153 Å². The zero-order valence-electron chi connectivity index (χ0n) is 13.9. The maximum atomic E-state index is 13.1. The molecule has 1 heterocycles. The summed E-state index contributed by atoms with van der Waals surface area (Å²) in [5.74, 6) is -1.42. The Morgan fingerprint density at radius 1 is 1.12 bits per heavy atom. The van der Waals surface area contributed by atoms with Crippen LogP contribution in [0.3, 0.4) is 0 Å². The number of aryl methyl sites for hydroxylation is 1. The van der Waals surface area contributed by atoms with E-state index in [-0.39, 0.29) is 5.82 Å². The van der Waals surface area contributed by atoms with Crippen molar-refractivity contribution < 1.29 is 14.0 Å². The van der Waals surface area contributed by atoms with Crippen molar-refractivity contribution in [2.45, 2.75) is 13.0 Å². The first kappa shape index (κ1) is 17.8. The summed E-state index contributed by atoms with van der Waals surface area (Å²) < 4.78 is 13.1. The molecule has 0 aliphatic heterocycles. The topological polar surface area (TPSA) is 85.1 Å². The normalized spacial score (nSPS) is 11.8. The van der Waals surface area contributed by atoms with Crippen molar-refractivity contribution in [2.75, 3.05) is 0 Å². The second-order valence-electron chi connectivity index (χ2n) is 5.66. The number of rotatable bonds is 5. The average molecular weight is 369 g/mol. The van der Waals surface area contributed by atoms with Gasteiger partial charge in [0.05, 0.1) is 5.69 Å². The van der Waals surface area contributed by atoms with Crippen molar-refractivity contribution >= 4 is 23.2 Å². The zero-order valence-corrected chi connectivity index (χ0v) is 14.7. The lowest BCUT2D eigenvalue weighted by atomic mass is 10.1. The van der Waals surface area contributed by atoms with Gasteiger partial charge in [-0.1, -0.05) is 30.3 Å². The van der Waals surface area contributed by atoms with E-state index < -0.39 is 17.9 Å². The molecule has 132 valence electrons. The molecule has 0 aliphatic rings. The number of carbonyl (C=O) groups excluding carboxylic acids is 2. The fourth-order valence-corrected chi connectivity index (χ4v) is 3.46. The number of amides is 2. The Bertz CT molecular complexity index is 939. The first-order valence-electron chi connectivity index (χ1n) is 7.84. The van der Waals surface area contributed by atoms with E-state index in [9.17, 15) is 14.0 Å². The van der Waals surface area contributed by atoms with Crippen molar-refractivity contribution in [1.82, 2.24) is 10.3 Å². The summed E-state index contributed by atoms with van der Waals surface area (Å²) in [7, 11) is 0. The molecule has 1 atom stereocenters. The summed E-state index contributed by atoms with van der Waals surface area (Å²) >= 11 is 1.18. The third kappa shape index (κ3) is 3.78. The maximum Gasteiger partial charge on any atom is 0.264 e. The van der Waals surface area contributed by atoms with Crippen molar-refractivity contribution in [1.29, 1.82) is 0 Å². The van der Waals surface area contributed by atoms with E-state index in [0.29, 0.717) is 26.7 Å². The van der Waals surface area contributed by atoms with Crippen LogP contribution in [0.2, 0.25) is 0 Å². The quantitative estimate of drug-likeness (QED) is 0.724. The van der Waals surface area contributed by atoms with Crippen LogP contribution >= 0.6 is 11.3 Å². The lowest BCUT2D eigenvalue weighted by molar-refractivity contribution is -0.120. The second-order valence-corrected chi connectivity index (χ2v) is 6.66. The molecule has 0 saturated carbocycles. The molecule has 3 rings (SSSR count). The van der Waals surface area contributed by atoms with Crippen LogP contribution in [0.5, 0.6) is 0 Å². The Morgan fingerprint density at radius 3 is 2.38 bits per heavy atom. The summed E-state index contributed by atoms with van der Waals surface area (Å²) in [4.78, 5) is 29.2. The lowest BCUT2D eigenvalue weighted by Gasteiger charge is -2.15. The summed E-state index contributed by atoms with van der Waals surface area (Å²) in [6.07, 6.45) is 0. The summed E-state index contributed by atoms with van der Waals surface area (Å²) in [5.41, 5.74) is 7.29. The Morgan fingerprint density at radius 2 is 1.77 bits per heavy atom. The summed E-state index contributed by atoms with van der Waals surface area (Å²) in [6, 6.07) is 13.7. The summed E-state index contributed by atoms with van der Waals surface area (Å²) in [5, 5.41) is 3.26. The zero-order chi connectivity index (χ0) is 18.7. The van der Waals surface area contributed by atoms with Gasteiger partial charge in [0, 0.05) is 5.56 Å². The van der Waals surface area contributed by atoms with Crippen molar-refractivity contribution in [3.63, 3.8) is 0 Å². The van der Waals surface area contributed by atoms with Crippen molar-refractivity contribution in [2.24, 2.45) is 5.73 Å². The van der Waals surface area contributed by atoms with Crippen LogP contribution in [0.25, 0.3) is 10.6 Å². The molecule has 2 aromatic carbocycles. The lowest BCUT2D eigenvalue weighted by Crippen LogP contribution is -2.37. The van der Waals surface area contributed by atoms with E-state index in [4.69, 9.17) is 5.73 Å². The van der Waals surface area contributed by atoms with Crippen LogP contribution in [-0.2, 0) is 4.79 Å². The number of nitrogens with one attached hydrogen (secondary N) is 1. The van der Waals surface area contributed by atoms with Gasteiger partial charge in [-0.15, -0.1) is 11.3 Å². The van der Waals surface area contributed by atoms with Gasteiger partial charge in [-0.05, 0) is 36.8 Å². The molecule has 0 saturated heterocycles.